The van der Waals surface area contributed by atoms with Crippen LogP contribution in [0.15, 0.2) is 30.3 Å². The molecule has 0 aliphatic rings. The molecule has 0 aliphatic carbocycles. The molecular weight excluding hydrogens is 206 g/mol. The van der Waals surface area contributed by atoms with Gasteiger partial charge in [-0.2, -0.15) is 0 Å². The average Bonchev–Trinajstić information content (AvgIpc) is 2.27. The third-order valence-electron chi connectivity index (χ3n) is 1.91. The van der Waals surface area contributed by atoms with Crippen molar-refractivity contribution in [2.45, 2.75) is 26.0 Å². The van der Waals surface area contributed by atoms with E-state index in [4.69, 9.17) is 15.2 Å². The number of carbonyl (C=O) groups is 1. The van der Waals surface area contributed by atoms with Crippen molar-refractivity contribution in [3.8, 4) is 5.75 Å². The first kappa shape index (κ1) is 12.5. The summed E-state index contributed by atoms with van der Waals surface area (Å²) in [4.78, 5) is 11.1. The third-order valence-corrected chi connectivity index (χ3v) is 1.91. The van der Waals surface area contributed by atoms with E-state index >= 15 is 0 Å². The largest absolute Gasteiger partial charge is 0.487 e. The number of rotatable bonds is 5. The molecule has 0 bridgehead atoms. The fourth-order valence-electron chi connectivity index (χ4n) is 1.10. The van der Waals surface area contributed by atoms with Gasteiger partial charge in [-0.1, -0.05) is 18.2 Å². The molecule has 0 saturated carbocycles. The molecule has 2 atom stereocenters. The lowest BCUT2D eigenvalue weighted by Crippen LogP contribution is -2.31. The van der Waals surface area contributed by atoms with Crippen molar-refractivity contribution in [2.75, 3.05) is 6.61 Å². The molecule has 0 radical (unpaired) electrons. The summed E-state index contributed by atoms with van der Waals surface area (Å²) in [6.07, 6.45) is -0.190. The highest BCUT2D eigenvalue weighted by Gasteiger charge is 2.11. The highest BCUT2D eigenvalue weighted by Crippen LogP contribution is 2.10. The van der Waals surface area contributed by atoms with E-state index in [-0.39, 0.29) is 12.7 Å². The maximum Gasteiger partial charge on any atom is 0.322 e. The fraction of sp³-hybridized carbons (Fsp3) is 0.417. The van der Waals surface area contributed by atoms with Crippen molar-refractivity contribution < 1.29 is 14.3 Å². The molecule has 1 rings (SSSR count). The first-order chi connectivity index (χ1) is 7.59. The molecule has 0 unspecified atom stereocenters. The van der Waals surface area contributed by atoms with Crippen LogP contribution in [0, 0.1) is 0 Å². The lowest BCUT2D eigenvalue weighted by molar-refractivity contribution is -0.146. The fourth-order valence-corrected chi connectivity index (χ4v) is 1.10. The van der Waals surface area contributed by atoms with Crippen molar-refractivity contribution in [2.24, 2.45) is 5.73 Å². The van der Waals surface area contributed by atoms with E-state index < -0.39 is 12.0 Å². The predicted octanol–water partition coefficient (Wildman–Crippen LogP) is 1.34. The summed E-state index contributed by atoms with van der Waals surface area (Å²) in [6.45, 7) is 3.63. The quantitative estimate of drug-likeness (QED) is 0.765. The Balaban J connectivity index is 2.31. The van der Waals surface area contributed by atoms with Crippen LogP contribution in [-0.4, -0.2) is 24.7 Å². The zero-order valence-electron chi connectivity index (χ0n) is 9.55. The van der Waals surface area contributed by atoms with E-state index in [9.17, 15) is 4.79 Å². The highest BCUT2D eigenvalue weighted by atomic mass is 16.6. The van der Waals surface area contributed by atoms with E-state index in [0.717, 1.165) is 5.75 Å². The van der Waals surface area contributed by atoms with Gasteiger partial charge < -0.3 is 15.2 Å². The van der Waals surface area contributed by atoms with Crippen LogP contribution < -0.4 is 10.5 Å². The summed E-state index contributed by atoms with van der Waals surface area (Å²) >= 11 is 0. The van der Waals surface area contributed by atoms with Gasteiger partial charge in [0.1, 0.15) is 24.5 Å². The number of carbonyl (C=O) groups excluding carboxylic acids is 1. The second-order valence-corrected chi connectivity index (χ2v) is 3.66. The normalized spacial score (nSPS) is 13.9. The lowest BCUT2D eigenvalue weighted by atomic mass is 10.3. The van der Waals surface area contributed by atoms with Crippen molar-refractivity contribution >= 4 is 5.97 Å². The molecule has 0 aromatic heterocycles. The van der Waals surface area contributed by atoms with Gasteiger partial charge in [-0.15, -0.1) is 0 Å². The minimum Gasteiger partial charge on any atom is -0.487 e. The number of hydrogen-bond acceptors (Lipinski definition) is 4. The summed E-state index contributed by atoms with van der Waals surface area (Å²) in [5.74, 6) is 0.343. The molecule has 1 aromatic rings. The summed E-state index contributed by atoms with van der Waals surface area (Å²) in [5.41, 5.74) is 5.36. The van der Waals surface area contributed by atoms with Crippen LogP contribution in [0.5, 0.6) is 5.75 Å². The second-order valence-electron chi connectivity index (χ2n) is 3.66. The zero-order valence-corrected chi connectivity index (χ0v) is 9.55. The van der Waals surface area contributed by atoms with Crippen LogP contribution >= 0.6 is 0 Å². The molecule has 88 valence electrons. The minimum absolute atomic E-state index is 0.190. The molecular formula is C12H17NO3. The van der Waals surface area contributed by atoms with Crippen molar-refractivity contribution in [3.05, 3.63) is 30.3 Å². The van der Waals surface area contributed by atoms with Gasteiger partial charge in [0.15, 0.2) is 0 Å². The summed E-state index contributed by atoms with van der Waals surface area (Å²) in [6, 6.07) is 8.79. The summed E-state index contributed by atoms with van der Waals surface area (Å²) < 4.78 is 10.5. The standard InChI is InChI=1S/C12H17NO3/c1-9(8-15-12(14)10(2)13)16-11-6-4-3-5-7-11/h3-7,9-10H,8,13H2,1-2H3/t9-,10-/m0/s1. The van der Waals surface area contributed by atoms with E-state index in [0.29, 0.717) is 0 Å². The molecule has 16 heavy (non-hydrogen) atoms. The minimum atomic E-state index is -0.594. The average molecular weight is 223 g/mol. The van der Waals surface area contributed by atoms with Crippen LogP contribution in [0.4, 0.5) is 0 Å². The number of ether oxygens (including phenoxy) is 2. The van der Waals surface area contributed by atoms with Crippen LogP contribution in [-0.2, 0) is 9.53 Å². The van der Waals surface area contributed by atoms with E-state index in [1.165, 1.54) is 0 Å². The number of hydrogen-bond donors (Lipinski definition) is 1. The molecule has 0 spiro atoms. The Morgan fingerprint density at radius 3 is 2.50 bits per heavy atom. The van der Waals surface area contributed by atoms with Crippen molar-refractivity contribution in [1.29, 1.82) is 0 Å². The Kier molecular flexibility index (Phi) is 4.79. The molecule has 2 N–H and O–H groups in total. The molecule has 0 heterocycles. The molecule has 0 saturated heterocycles. The third kappa shape index (κ3) is 4.31. The number of esters is 1. The van der Waals surface area contributed by atoms with Crippen molar-refractivity contribution in [3.63, 3.8) is 0 Å². The Hall–Kier alpha value is -1.55. The van der Waals surface area contributed by atoms with E-state index in [1.807, 2.05) is 37.3 Å². The van der Waals surface area contributed by atoms with Crippen LogP contribution in [0.2, 0.25) is 0 Å². The summed E-state index contributed by atoms with van der Waals surface area (Å²) in [5, 5.41) is 0. The van der Waals surface area contributed by atoms with Crippen LogP contribution in [0.25, 0.3) is 0 Å². The Morgan fingerprint density at radius 1 is 1.31 bits per heavy atom. The Bertz CT molecular complexity index is 324. The Morgan fingerprint density at radius 2 is 1.94 bits per heavy atom. The van der Waals surface area contributed by atoms with Crippen LogP contribution in [0.1, 0.15) is 13.8 Å². The molecule has 1 aromatic carbocycles. The van der Waals surface area contributed by atoms with E-state index in [1.54, 1.807) is 6.92 Å². The van der Waals surface area contributed by atoms with Gasteiger partial charge in [-0.3, -0.25) is 4.79 Å². The first-order valence-corrected chi connectivity index (χ1v) is 5.23. The monoisotopic (exact) mass is 223 g/mol. The van der Waals surface area contributed by atoms with Gasteiger partial charge in [-0.25, -0.2) is 0 Å². The lowest BCUT2D eigenvalue weighted by Gasteiger charge is -2.15. The maximum atomic E-state index is 11.1. The maximum absolute atomic E-state index is 11.1. The molecule has 4 heteroatoms. The zero-order chi connectivity index (χ0) is 12.0. The number of benzene rings is 1. The Labute approximate surface area is 95.3 Å². The SMILES string of the molecule is C[C@H](N)C(=O)OC[C@H](C)Oc1ccccc1. The molecule has 0 fully saturated rings. The van der Waals surface area contributed by atoms with Gasteiger partial charge in [0.25, 0.3) is 0 Å². The highest BCUT2D eigenvalue weighted by molar-refractivity contribution is 5.74. The van der Waals surface area contributed by atoms with E-state index in [2.05, 4.69) is 0 Å². The first-order valence-electron chi connectivity index (χ1n) is 5.23. The van der Waals surface area contributed by atoms with Crippen molar-refractivity contribution in [1.82, 2.24) is 0 Å². The molecule has 0 amide bonds. The summed E-state index contributed by atoms with van der Waals surface area (Å²) in [7, 11) is 0. The molecule has 0 aliphatic heterocycles. The van der Waals surface area contributed by atoms with Crippen LogP contribution in [0.3, 0.4) is 0 Å². The predicted molar refractivity (Wildman–Crippen MR) is 61.1 cm³/mol. The van der Waals surface area contributed by atoms with Gasteiger partial charge in [-0.05, 0) is 26.0 Å². The van der Waals surface area contributed by atoms with Gasteiger partial charge in [0.2, 0.25) is 0 Å². The van der Waals surface area contributed by atoms with Gasteiger partial charge >= 0.3 is 5.97 Å². The second kappa shape index (κ2) is 6.12. The smallest absolute Gasteiger partial charge is 0.322 e. The molecule has 4 nitrogen and oxygen atoms in total. The topological polar surface area (TPSA) is 61.6 Å². The number of nitrogens with two attached hydrogens (primary N) is 1. The van der Waals surface area contributed by atoms with Gasteiger partial charge in [0, 0.05) is 0 Å². The van der Waals surface area contributed by atoms with Gasteiger partial charge in [0.05, 0.1) is 0 Å². The number of para-hydroxylation sites is 1.